The summed E-state index contributed by atoms with van der Waals surface area (Å²) in [6, 6.07) is 21.5. The van der Waals surface area contributed by atoms with Crippen molar-refractivity contribution in [2.24, 2.45) is 0 Å². The number of hydrogen-bond acceptors (Lipinski definition) is 7. The van der Waals surface area contributed by atoms with E-state index in [0.717, 1.165) is 0 Å². The molecule has 0 saturated carbocycles. The first-order valence-corrected chi connectivity index (χ1v) is 10.5. The molecule has 0 aromatic heterocycles. The molecule has 0 radical (unpaired) electrons. The first-order chi connectivity index (χ1) is 16.8. The molecule has 176 valence electrons. The number of nitrogens with one attached hydrogen (secondary N) is 2. The molecule has 0 spiro atoms. The highest BCUT2D eigenvalue weighted by molar-refractivity contribution is 6.06. The molecule has 9 nitrogen and oxygen atoms in total. The highest BCUT2D eigenvalue weighted by Gasteiger charge is 2.13. The van der Waals surface area contributed by atoms with E-state index in [2.05, 4.69) is 10.6 Å². The second kappa shape index (κ2) is 9.75. The summed E-state index contributed by atoms with van der Waals surface area (Å²) >= 11 is 0. The molecule has 0 aliphatic carbocycles. The Morgan fingerprint density at radius 1 is 0.629 bits per heavy atom. The van der Waals surface area contributed by atoms with Gasteiger partial charge in [-0.15, -0.1) is 0 Å². The van der Waals surface area contributed by atoms with Gasteiger partial charge in [0.25, 0.3) is 11.8 Å². The van der Waals surface area contributed by atoms with E-state index in [4.69, 9.17) is 16.2 Å². The number of nitrogen functional groups attached to an aromatic ring is 2. The lowest BCUT2D eigenvalue weighted by Gasteiger charge is -2.13. The molecule has 4 rings (SSSR count). The lowest BCUT2D eigenvalue weighted by atomic mass is 10.2. The zero-order valence-corrected chi connectivity index (χ0v) is 18.4. The van der Waals surface area contributed by atoms with E-state index in [0.29, 0.717) is 34.0 Å². The highest BCUT2D eigenvalue weighted by atomic mass is 16.5. The monoisotopic (exact) mass is 470 g/mol. The molecule has 8 N–H and O–H groups in total. The normalized spacial score (nSPS) is 10.4. The lowest BCUT2D eigenvalue weighted by molar-refractivity contribution is 0.101. The average Bonchev–Trinajstić information content (AvgIpc) is 2.83. The largest absolute Gasteiger partial charge is 0.506 e. The number of phenolic OH excluding ortho intramolecular Hbond substituents is 2. The van der Waals surface area contributed by atoms with E-state index in [1.165, 1.54) is 48.5 Å². The van der Waals surface area contributed by atoms with Gasteiger partial charge >= 0.3 is 0 Å². The van der Waals surface area contributed by atoms with Crippen LogP contribution in [0.4, 0.5) is 22.7 Å². The summed E-state index contributed by atoms with van der Waals surface area (Å²) in [5, 5.41) is 25.6. The topological polar surface area (TPSA) is 160 Å². The molecule has 0 saturated heterocycles. The third-order valence-corrected chi connectivity index (χ3v) is 4.97. The number of rotatable bonds is 6. The number of hydrogen-bond donors (Lipinski definition) is 6. The lowest BCUT2D eigenvalue weighted by Crippen LogP contribution is -2.12. The maximum atomic E-state index is 12.5. The molecule has 35 heavy (non-hydrogen) atoms. The second-order valence-corrected chi connectivity index (χ2v) is 7.62. The van der Waals surface area contributed by atoms with Gasteiger partial charge in [-0.2, -0.15) is 0 Å². The van der Waals surface area contributed by atoms with Crippen LogP contribution >= 0.6 is 0 Å². The van der Waals surface area contributed by atoms with E-state index in [-0.39, 0.29) is 22.9 Å². The first kappa shape index (κ1) is 23.0. The molecule has 0 fully saturated rings. The molecule has 0 atom stereocenters. The van der Waals surface area contributed by atoms with E-state index in [9.17, 15) is 19.8 Å². The van der Waals surface area contributed by atoms with Crippen molar-refractivity contribution >= 4 is 34.6 Å². The summed E-state index contributed by atoms with van der Waals surface area (Å²) in [6.45, 7) is 0. The third-order valence-electron chi connectivity index (χ3n) is 4.97. The van der Waals surface area contributed by atoms with Crippen molar-refractivity contribution in [2.75, 3.05) is 22.1 Å². The Hall–Kier alpha value is -5.18. The van der Waals surface area contributed by atoms with Gasteiger partial charge in [0, 0.05) is 34.6 Å². The number of carbonyl (C=O) groups is 2. The number of aromatic hydroxyl groups is 2. The Bertz CT molecular complexity index is 1310. The van der Waals surface area contributed by atoms with E-state index in [1.54, 1.807) is 36.4 Å². The van der Waals surface area contributed by atoms with Crippen LogP contribution in [0.5, 0.6) is 23.0 Å². The smallest absolute Gasteiger partial charge is 0.255 e. The average molecular weight is 470 g/mol. The van der Waals surface area contributed by atoms with Crippen LogP contribution in [0, 0.1) is 0 Å². The molecule has 0 heterocycles. The quantitative estimate of drug-likeness (QED) is 0.178. The van der Waals surface area contributed by atoms with Crippen LogP contribution in [-0.2, 0) is 0 Å². The third kappa shape index (κ3) is 5.60. The van der Waals surface area contributed by atoms with E-state index >= 15 is 0 Å². The van der Waals surface area contributed by atoms with Crippen molar-refractivity contribution < 1.29 is 24.5 Å². The van der Waals surface area contributed by atoms with Crippen LogP contribution in [0.1, 0.15) is 20.7 Å². The molecule has 0 bridgehead atoms. The fourth-order valence-corrected chi connectivity index (χ4v) is 3.24. The van der Waals surface area contributed by atoms with Crippen molar-refractivity contribution in [2.45, 2.75) is 0 Å². The minimum Gasteiger partial charge on any atom is -0.506 e. The predicted molar refractivity (Wildman–Crippen MR) is 134 cm³/mol. The van der Waals surface area contributed by atoms with Crippen LogP contribution in [0.3, 0.4) is 0 Å². The number of amides is 2. The molecule has 0 aliphatic heterocycles. The Kier molecular flexibility index (Phi) is 6.41. The second-order valence-electron chi connectivity index (χ2n) is 7.62. The van der Waals surface area contributed by atoms with Gasteiger partial charge in [0.15, 0.2) is 0 Å². The minimum atomic E-state index is -0.457. The summed E-state index contributed by atoms with van der Waals surface area (Å²) in [4.78, 5) is 25.0. The van der Waals surface area contributed by atoms with Crippen LogP contribution in [0.15, 0.2) is 84.9 Å². The summed E-state index contributed by atoms with van der Waals surface area (Å²) < 4.78 is 5.82. The fraction of sp³-hybridized carbons (Fsp3) is 0. The number of anilines is 4. The number of ether oxygens (including phenoxy) is 1. The van der Waals surface area contributed by atoms with Crippen LogP contribution < -0.4 is 26.8 Å². The van der Waals surface area contributed by atoms with Crippen molar-refractivity contribution in [1.29, 1.82) is 0 Å². The van der Waals surface area contributed by atoms with Crippen molar-refractivity contribution in [3.63, 3.8) is 0 Å². The van der Waals surface area contributed by atoms with Gasteiger partial charge in [0.05, 0.1) is 11.4 Å². The van der Waals surface area contributed by atoms with Gasteiger partial charge in [0.1, 0.15) is 23.0 Å². The van der Waals surface area contributed by atoms with E-state index < -0.39 is 11.8 Å². The number of phenols is 2. The fourth-order valence-electron chi connectivity index (χ4n) is 3.24. The highest BCUT2D eigenvalue weighted by Crippen LogP contribution is 2.34. The van der Waals surface area contributed by atoms with Gasteiger partial charge in [-0.1, -0.05) is 12.1 Å². The zero-order valence-electron chi connectivity index (χ0n) is 18.4. The Labute approximate surface area is 200 Å². The van der Waals surface area contributed by atoms with Crippen molar-refractivity contribution in [3.8, 4) is 23.0 Å². The summed E-state index contributed by atoms with van der Waals surface area (Å²) in [5.41, 5.74) is 13.2. The molecule has 4 aromatic rings. The summed E-state index contributed by atoms with van der Waals surface area (Å²) in [7, 11) is 0. The zero-order chi connectivity index (χ0) is 24.9. The van der Waals surface area contributed by atoms with Gasteiger partial charge in [-0.05, 0) is 60.7 Å². The number of benzene rings is 4. The van der Waals surface area contributed by atoms with Gasteiger partial charge in [-0.25, -0.2) is 0 Å². The van der Waals surface area contributed by atoms with Crippen LogP contribution in [0.2, 0.25) is 0 Å². The van der Waals surface area contributed by atoms with Crippen LogP contribution in [0.25, 0.3) is 0 Å². The summed E-state index contributed by atoms with van der Waals surface area (Å²) in [6.07, 6.45) is 0. The Morgan fingerprint density at radius 2 is 1.06 bits per heavy atom. The standard InChI is InChI=1S/C26H22N4O5/c27-17-5-1-3-15(11-17)25(33)29-21-13-19(7-9-23(21)31)35-20-8-10-24(32)22(14-20)30-26(34)16-4-2-6-18(28)12-16/h1-14,31-32H,27-28H2,(H,29,33)(H,30,34). The Morgan fingerprint density at radius 3 is 1.46 bits per heavy atom. The van der Waals surface area contributed by atoms with Gasteiger partial charge in [-0.3, -0.25) is 9.59 Å². The van der Waals surface area contributed by atoms with Crippen molar-refractivity contribution in [3.05, 3.63) is 96.1 Å². The molecule has 2 amide bonds. The van der Waals surface area contributed by atoms with Crippen LogP contribution in [-0.4, -0.2) is 22.0 Å². The number of carbonyl (C=O) groups excluding carboxylic acids is 2. The molecular formula is C26H22N4O5. The maximum Gasteiger partial charge on any atom is 0.255 e. The molecule has 0 unspecified atom stereocenters. The maximum absolute atomic E-state index is 12.5. The van der Waals surface area contributed by atoms with Gasteiger partial charge < -0.3 is 37.1 Å². The molecule has 0 aliphatic rings. The minimum absolute atomic E-state index is 0.129. The predicted octanol–water partition coefficient (Wildman–Crippen LogP) is 4.56. The van der Waals surface area contributed by atoms with E-state index in [1.807, 2.05) is 0 Å². The molecular weight excluding hydrogens is 448 g/mol. The molecule has 4 aromatic carbocycles. The molecule has 9 heteroatoms. The van der Waals surface area contributed by atoms with Crippen molar-refractivity contribution in [1.82, 2.24) is 0 Å². The first-order valence-electron chi connectivity index (χ1n) is 10.5. The Balaban J connectivity index is 1.51. The van der Waals surface area contributed by atoms with Gasteiger partial charge in [0.2, 0.25) is 0 Å². The number of nitrogens with two attached hydrogens (primary N) is 2. The SMILES string of the molecule is Nc1cccc(C(=O)Nc2cc(Oc3ccc(O)c(NC(=O)c4cccc(N)c4)c3)ccc2O)c1. The summed E-state index contributed by atoms with van der Waals surface area (Å²) in [5.74, 6) is -0.637.